The molecule has 5 rings (SSSR count). The number of H-pyrrole nitrogens is 2. The number of rotatable bonds is 4. The third-order valence-corrected chi connectivity index (χ3v) is 6.17. The average Bonchev–Trinajstić information content (AvgIpc) is 3.23. The van der Waals surface area contributed by atoms with Crippen LogP contribution < -0.4 is 27.3 Å². The number of ether oxygens (including phenoxy) is 1. The smallest absolute Gasteiger partial charge is 0.349 e. The molecule has 0 saturated carbocycles. The summed E-state index contributed by atoms with van der Waals surface area (Å²) in [4.78, 5) is 38.2. The number of nitrogen functional groups attached to an aromatic ring is 1. The summed E-state index contributed by atoms with van der Waals surface area (Å²) in [5.74, 6) is -0.318. The Morgan fingerprint density at radius 3 is 2.53 bits per heavy atom. The van der Waals surface area contributed by atoms with Crippen molar-refractivity contribution < 1.29 is 4.74 Å². The Kier molecular flexibility index (Phi) is 5.46. The van der Waals surface area contributed by atoms with E-state index < -0.39 is 17.1 Å². The van der Waals surface area contributed by atoms with Crippen LogP contribution in [0, 0.1) is 0 Å². The first-order chi connectivity index (χ1) is 16.3. The van der Waals surface area contributed by atoms with Gasteiger partial charge in [0.1, 0.15) is 0 Å². The minimum Gasteiger partial charge on any atom is -0.434 e. The van der Waals surface area contributed by atoms with Crippen LogP contribution in [-0.4, -0.2) is 25.0 Å². The summed E-state index contributed by atoms with van der Waals surface area (Å²) < 4.78 is 6.66. The first-order valence-electron chi connectivity index (χ1n) is 10.2. The van der Waals surface area contributed by atoms with Crippen LogP contribution >= 0.6 is 23.2 Å². The van der Waals surface area contributed by atoms with Crippen LogP contribution in [0.1, 0.15) is 29.0 Å². The van der Waals surface area contributed by atoms with Crippen LogP contribution in [0.2, 0.25) is 10.0 Å². The fraction of sp³-hybridized carbons (Fsp3) is 0.136. The van der Waals surface area contributed by atoms with Crippen LogP contribution in [0.25, 0.3) is 5.69 Å². The van der Waals surface area contributed by atoms with Gasteiger partial charge in [0, 0.05) is 17.5 Å². The highest BCUT2D eigenvalue weighted by molar-refractivity contribution is 6.37. The van der Waals surface area contributed by atoms with Crippen LogP contribution in [-0.2, 0) is 6.42 Å². The lowest BCUT2D eigenvalue weighted by Gasteiger charge is -2.14. The van der Waals surface area contributed by atoms with Crippen LogP contribution in [0.5, 0.6) is 11.6 Å². The number of hydrogen-bond acceptors (Lipinski definition) is 7. The van der Waals surface area contributed by atoms with Gasteiger partial charge in [-0.05, 0) is 36.1 Å². The van der Waals surface area contributed by atoms with Gasteiger partial charge >= 0.3 is 5.69 Å². The molecule has 172 valence electrons. The molecule has 2 heterocycles. The molecule has 2 aromatic carbocycles. The Morgan fingerprint density at radius 1 is 1.03 bits per heavy atom. The van der Waals surface area contributed by atoms with Gasteiger partial charge < -0.3 is 10.5 Å². The zero-order valence-electron chi connectivity index (χ0n) is 17.3. The Morgan fingerprint density at radius 2 is 1.76 bits per heavy atom. The lowest BCUT2D eigenvalue weighted by molar-refractivity contribution is 0.452. The van der Waals surface area contributed by atoms with Gasteiger partial charge in [0.05, 0.1) is 15.7 Å². The molecule has 1 unspecified atom stereocenters. The minimum absolute atomic E-state index is 0.0433. The number of benzene rings is 2. The molecule has 0 saturated heterocycles. The highest BCUT2D eigenvalue weighted by Crippen LogP contribution is 2.40. The zero-order chi connectivity index (χ0) is 24.0. The second-order valence-corrected chi connectivity index (χ2v) is 8.49. The highest BCUT2D eigenvalue weighted by atomic mass is 35.5. The molecular formula is C22H16Cl2N6O4. The maximum absolute atomic E-state index is 12.5. The molecule has 1 aliphatic carbocycles. The van der Waals surface area contributed by atoms with Crippen molar-refractivity contribution in [2.24, 2.45) is 0 Å². The molecule has 1 atom stereocenters. The molecule has 10 nitrogen and oxygen atoms in total. The molecular weight excluding hydrogens is 483 g/mol. The molecule has 0 spiro atoms. The Bertz CT molecular complexity index is 1590. The van der Waals surface area contributed by atoms with E-state index in [0.29, 0.717) is 5.56 Å². The number of aryl methyl sites for hydroxylation is 1. The predicted molar refractivity (Wildman–Crippen MR) is 126 cm³/mol. The number of hydrogen-bond donors (Lipinski definition) is 3. The van der Waals surface area contributed by atoms with Crippen molar-refractivity contribution in [3.8, 4) is 17.3 Å². The van der Waals surface area contributed by atoms with E-state index in [9.17, 15) is 14.4 Å². The summed E-state index contributed by atoms with van der Waals surface area (Å²) in [5, 5.41) is 10.3. The van der Waals surface area contributed by atoms with Crippen molar-refractivity contribution >= 4 is 29.0 Å². The van der Waals surface area contributed by atoms with E-state index >= 15 is 0 Å². The first kappa shape index (κ1) is 21.9. The van der Waals surface area contributed by atoms with E-state index in [4.69, 9.17) is 33.7 Å². The molecule has 0 bridgehead atoms. The normalized spacial score (nSPS) is 14.7. The Balaban J connectivity index is 1.50. The largest absolute Gasteiger partial charge is 0.434 e. The molecule has 2 aromatic heterocycles. The monoisotopic (exact) mass is 498 g/mol. The molecule has 0 radical (unpaired) electrons. The van der Waals surface area contributed by atoms with Crippen LogP contribution in [0.15, 0.2) is 56.8 Å². The van der Waals surface area contributed by atoms with Crippen molar-refractivity contribution in [3.63, 3.8) is 0 Å². The molecule has 0 fully saturated rings. The molecule has 0 aliphatic heterocycles. The van der Waals surface area contributed by atoms with Crippen molar-refractivity contribution in [2.75, 3.05) is 5.73 Å². The van der Waals surface area contributed by atoms with E-state index in [1.54, 1.807) is 6.07 Å². The third kappa shape index (κ3) is 3.87. The Hall–Kier alpha value is -3.89. The number of aromatic amines is 2. The van der Waals surface area contributed by atoms with Crippen LogP contribution in [0.4, 0.5) is 5.82 Å². The summed E-state index contributed by atoms with van der Waals surface area (Å²) in [5.41, 5.74) is 6.57. The fourth-order valence-corrected chi connectivity index (χ4v) is 4.60. The fourth-order valence-electron chi connectivity index (χ4n) is 4.05. The number of nitrogens with zero attached hydrogens (tertiary/aromatic N) is 3. The molecule has 4 N–H and O–H groups in total. The maximum Gasteiger partial charge on any atom is 0.349 e. The standard InChI is InChI=1S/C22H16Cl2N6O4/c23-15-7-11(30-22(33)26-21(32)19(25)29-30)8-16(24)18(15)34-17-9-14(20(31)28-27-17)13-6-5-10-3-1-2-4-12(10)13/h1-4,7-9,13H,5-6H2,(H2,25,29)(H,28,31)(H,26,32,33). The average molecular weight is 499 g/mol. The maximum atomic E-state index is 12.5. The molecule has 12 heteroatoms. The van der Waals surface area contributed by atoms with Crippen molar-refractivity contribution in [1.29, 1.82) is 0 Å². The van der Waals surface area contributed by atoms with E-state index in [0.717, 1.165) is 23.1 Å². The molecule has 34 heavy (non-hydrogen) atoms. The van der Waals surface area contributed by atoms with Crippen LogP contribution in [0.3, 0.4) is 0 Å². The first-order valence-corrected chi connectivity index (χ1v) is 10.9. The van der Waals surface area contributed by atoms with Crippen molar-refractivity contribution in [1.82, 2.24) is 25.0 Å². The van der Waals surface area contributed by atoms with Crippen molar-refractivity contribution in [2.45, 2.75) is 18.8 Å². The summed E-state index contributed by atoms with van der Waals surface area (Å²) in [7, 11) is 0. The second-order valence-electron chi connectivity index (χ2n) is 7.68. The number of nitrogens with two attached hydrogens (primary N) is 1. The summed E-state index contributed by atoms with van der Waals surface area (Å²) in [6, 6.07) is 12.3. The summed E-state index contributed by atoms with van der Waals surface area (Å²) in [6.45, 7) is 0. The number of nitrogens with one attached hydrogen (secondary N) is 2. The number of fused-ring (bicyclic) bond motifs is 1. The second kappa shape index (κ2) is 8.47. The van der Waals surface area contributed by atoms with Gasteiger partial charge in [-0.3, -0.25) is 14.6 Å². The van der Waals surface area contributed by atoms with Gasteiger partial charge in [0.2, 0.25) is 11.7 Å². The van der Waals surface area contributed by atoms with Gasteiger partial charge in [-0.1, -0.05) is 47.5 Å². The number of halogens is 2. The molecule has 0 amide bonds. The number of anilines is 1. The summed E-state index contributed by atoms with van der Waals surface area (Å²) >= 11 is 12.7. The third-order valence-electron chi connectivity index (χ3n) is 5.60. The van der Waals surface area contributed by atoms with E-state index in [2.05, 4.69) is 21.4 Å². The summed E-state index contributed by atoms with van der Waals surface area (Å²) in [6.07, 6.45) is 1.67. The van der Waals surface area contributed by atoms with Gasteiger partial charge in [-0.25, -0.2) is 9.89 Å². The van der Waals surface area contributed by atoms with Gasteiger partial charge in [-0.15, -0.1) is 10.2 Å². The quantitative estimate of drug-likeness (QED) is 0.391. The number of aromatic nitrogens is 5. The highest BCUT2D eigenvalue weighted by Gasteiger charge is 2.26. The van der Waals surface area contributed by atoms with E-state index in [1.165, 1.54) is 17.7 Å². The van der Waals surface area contributed by atoms with Gasteiger partial charge in [0.15, 0.2) is 5.75 Å². The minimum atomic E-state index is -0.816. The van der Waals surface area contributed by atoms with Gasteiger partial charge in [-0.2, -0.15) is 4.68 Å². The van der Waals surface area contributed by atoms with E-state index in [-0.39, 0.29) is 38.8 Å². The SMILES string of the molecule is Nc1nn(-c2cc(Cl)c(Oc3cc(C4CCc5ccccc54)c(=O)[nH]n3)c(Cl)c2)c(=O)[nH]c1=O. The van der Waals surface area contributed by atoms with Crippen molar-refractivity contribution in [3.05, 3.63) is 100 Å². The van der Waals surface area contributed by atoms with E-state index in [1.807, 2.05) is 23.2 Å². The topological polar surface area (TPSA) is 149 Å². The molecule has 1 aliphatic rings. The molecule has 4 aromatic rings. The lowest BCUT2D eigenvalue weighted by Crippen LogP contribution is -2.33. The predicted octanol–water partition coefficient (Wildman–Crippen LogP) is 2.76. The Labute approximate surface area is 200 Å². The lowest BCUT2D eigenvalue weighted by atomic mass is 9.94. The van der Waals surface area contributed by atoms with Gasteiger partial charge in [0.25, 0.3) is 11.1 Å². The zero-order valence-corrected chi connectivity index (χ0v) is 18.9.